The van der Waals surface area contributed by atoms with Crippen molar-refractivity contribution < 1.29 is 13.2 Å². The van der Waals surface area contributed by atoms with E-state index in [0.717, 1.165) is 0 Å². The van der Waals surface area contributed by atoms with Gasteiger partial charge in [0.25, 0.3) is 0 Å². The fraction of sp³-hybridized carbons (Fsp3) is 0.364. The Morgan fingerprint density at radius 1 is 1.44 bits per heavy atom. The first kappa shape index (κ1) is 13.5. The summed E-state index contributed by atoms with van der Waals surface area (Å²) < 4.78 is 24.6. The zero-order valence-corrected chi connectivity index (χ0v) is 12.0. The molecule has 0 bridgehead atoms. The minimum Gasteiger partial charge on any atom is -0.330 e. The molecule has 98 valence electrons. The molecule has 0 fully saturated rings. The SMILES string of the molecule is NCCC(=O)N1CCS(=O)(=O)c2cc(Br)ccc21. The fourth-order valence-corrected chi connectivity index (χ4v) is 3.88. The van der Waals surface area contributed by atoms with Crippen LogP contribution in [0, 0.1) is 0 Å². The Balaban J connectivity index is 2.50. The first-order valence-corrected chi connectivity index (χ1v) is 7.93. The van der Waals surface area contributed by atoms with Crippen LogP contribution in [0.25, 0.3) is 0 Å². The summed E-state index contributed by atoms with van der Waals surface area (Å²) in [6.45, 7) is 0.448. The van der Waals surface area contributed by atoms with E-state index in [1.165, 1.54) is 11.0 Å². The van der Waals surface area contributed by atoms with E-state index in [2.05, 4.69) is 15.9 Å². The summed E-state index contributed by atoms with van der Waals surface area (Å²) in [6, 6.07) is 4.90. The van der Waals surface area contributed by atoms with Gasteiger partial charge in [0.15, 0.2) is 9.84 Å². The number of fused-ring (bicyclic) bond motifs is 1. The van der Waals surface area contributed by atoms with E-state index < -0.39 is 9.84 Å². The molecule has 0 unspecified atom stereocenters. The number of hydrogen-bond acceptors (Lipinski definition) is 4. The van der Waals surface area contributed by atoms with Gasteiger partial charge in [0.2, 0.25) is 5.91 Å². The molecule has 0 saturated carbocycles. The van der Waals surface area contributed by atoms with E-state index in [4.69, 9.17) is 5.73 Å². The molecule has 0 atom stereocenters. The minimum atomic E-state index is -3.30. The van der Waals surface area contributed by atoms with Gasteiger partial charge in [-0.3, -0.25) is 4.79 Å². The Labute approximate surface area is 114 Å². The predicted molar refractivity (Wildman–Crippen MR) is 72.2 cm³/mol. The number of amides is 1. The molecule has 2 rings (SSSR count). The Morgan fingerprint density at radius 3 is 2.83 bits per heavy atom. The van der Waals surface area contributed by atoms with E-state index in [-0.39, 0.29) is 36.1 Å². The third-order valence-electron chi connectivity index (χ3n) is 2.79. The van der Waals surface area contributed by atoms with Crippen molar-refractivity contribution in [3.05, 3.63) is 22.7 Å². The molecule has 1 aliphatic heterocycles. The lowest BCUT2D eigenvalue weighted by molar-refractivity contribution is -0.118. The highest BCUT2D eigenvalue weighted by molar-refractivity contribution is 9.10. The maximum atomic E-state index is 12.0. The number of rotatable bonds is 2. The third-order valence-corrected chi connectivity index (χ3v) is 5.00. The summed E-state index contributed by atoms with van der Waals surface area (Å²) in [5, 5.41) is 0. The van der Waals surface area contributed by atoms with Crippen LogP contribution in [0.15, 0.2) is 27.6 Å². The van der Waals surface area contributed by atoms with E-state index in [9.17, 15) is 13.2 Å². The van der Waals surface area contributed by atoms with E-state index in [1.807, 2.05) is 0 Å². The lowest BCUT2D eigenvalue weighted by atomic mass is 10.2. The molecule has 1 aromatic carbocycles. The molecule has 0 radical (unpaired) electrons. The largest absolute Gasteiger partial charge is 0.330 e. The van der Waals surface area contributed by atoms with Crippen LogP contribution in [0.2, 0.25) is 0 Å². The Kier molecular flexibility index (Phi) is 3.74. The number of sulfone groups is 1. The number of halogens is 1. The van der Waals surface area contributed by atoms with E-state index in [0.29, 0.717) is 10.2 Å². The highest BCUT2D eigenvalue weighted by Gasteiger charge is 2.31. The van der Waals surface area contributed by atoms with Crippen LogP contribution >= 0.6 is 15.9 Å². The molecule has 1 amide bonds. The summed E-state index contributed by atoms with van der Waals surface area (Å²) in [7, 11) is -3.30. The second kappa shape index (κ2) is 4.99. The molecule has 1 aliphatic rings. The standard InChI is InChI=1S/C11H13BrN2O3S/c12-8-1-2-9-10(7-8)18(16,17)6-5-14(9)11(15)3-4-13/h1-2,7H,3-6,13H2. The van der Waals surface area contributed by atoms with Gasteiger partial charge in [-0.15, -0.1) is 0 Å². The highest BCUT2D eigenvalue weighted by Crippen LogP contribution is 2.33. The van der Waals surface area contributed by atoms with Crippen molar-refractivity contribution in [3.63, 3.8) is 0 Å². The summed E-state index contributed by atoms with van der Waals surface area (Å²) in [6.07, 6.45) is 0.218. The normalized spacial score (nSPS) is 17.3. The van der Waals surface area contributed by atoms with Crippen molar-refractivity contribution in [3.8, 4) is 0 Å². The Bertz CT molecular complexity index is 586. The van der Waals surface area contributed by atoms with Gasteiger partial charge in [-0.2, -0.15) is 0 Å². The quantitative estimate of drug-likeness (QED) is 0.873. The Hall–Kier alpha value is -0.920. The number of carbonyl (C=O) groups is 1. The molecule has 1 heterocycles. The average Bonchev–Trinajstić information content (AvgIpc) is 2.30. The zero-order valence-electron chi connectivity index (χ0n) is 9.60. The van der Waals surface area contributed by atoms with Crippen molar-refractivity contribution in [1.29, 1.82) is 0 Å². The molecule has 18 heavy (non-hydrogen) atoms. The average molecular weight is 333 g/mol. The number of nitrogens with zero attached hydrogens (tertiary/aromatic N) is 1. The molecule has 5 nitrogen and oxygen atoms in total. The van der Waals surface area contributed by atoms with Crippen molar-refractivity contribution in [2.24, 2.45) is 5.73 Å². The molecule has 0 aliphatic carbocycles. The van der Waals surface area contributed by atoms with Crippen LogP contribution < -0.4 is 10.6 Å². The summed E-state index contributed by atoms with van der Waals surface area (Å²) in [5.41, 5.74) is 5.81. The Morgan fingerprint density at radius 2 is 2.17 bits per heavy atom. The summed E-state index contributed by atoms with van der Waals surface area (Å²) >= 11 is 3.24. The van der Waals surface area contributed by atoms with Crippen LogP contribution in [0.1, 0.15) is 6.42 Å². The summed E-state index contributed by atoms with van der Waals surface area (Å²) in [5.74, 6) is -0.191. The molecule has 2 N–H and O–H groups in total. The van der Waals surface area contributed by atoms with Gasteiger partial charge in [-0.1, -0.05) is 15.9 Å². The first-order chi connectivity index (χ1) is 8.45. The van der Waals surface area contributed by atoms with Gasteiger partial charge in [0.1, 0.15) is 0 Å². The second-order valence-electron chi connectivity index (χ2n) is 4.01. The minimum absolute atomic E-state index is 0.0488. The lowest BCUT2D eigenvalue weighted by Crippen LogP contribution is -2.40. The number of carbonyl (C=O) groups excluding carboxylic acids is 1. The fourth-order valence-electron chi connectivity index (χ4n) is 1.92. The van der Waals surface area contributed by atoms with E-state index >= 15 is 0 Å². The van der Waals surface area contributed by atoms with Gasteiger partial charge in [-0.25, -0.2) is 8.42 Å². The van der Waals surface area contributed by atoms with Crippen LogP contribution in [-0.2, 0) is 14.6 Å². The first-order valence-electron chi connectivity index (χ1n) is 5.48. The highest BCUT2D eigenvalue weighted by atomic mass is 79.9. The van der Waals surface area contributed by atoms with Crippen LogP contribution in [0.3, 0.4) is 0 Å². The maximum Gasteiger partial charge on any atom is 0.228 e. The number of nitrogens with two attached hydrogens (primary N) is 1. The molecule has 0 aromatic heterocycles. The lowest BCUT2D eigenvalue weighted by Gasteiger charge is -2.29. The van der Waals surface area contributed by atoms with E-state index in [1.54, 1.807) is 12.1 Å². The van der Waals surface area contributed by atoms with Gasteiger partial charge in [0.05, 0.1) is 16.3 Å². The van der Waals surface area contributed by atoms with Crippen molar-refractivity contribution >= 4 is 37.4 Å². The number of benzene rings is 1. The smallest absolute Gasteiger partial charge is 0.228 e. The van der Waals surface area contributed by atoms with Crippen molar-refractivity contribution in [1.82, 2.24) is 0 Å². The third kappa shape index (κ3) is 2.43. The molecule has 1 aromatic rings. The van der Waals surface area contributed by atoms with Gasteiger partial charge >= 0.3 is 0 Å². The molecule has 0 saturated heterocycles. The maximum absolute atomic E-state index is 12.0. The zero-order chi connectivity index (χ0) is 13.3. The van der Waals surface area contributed by atoms with Crippen molar-refractivity contribution in [2.45, 2.75) is 11.3 Å². The molecular weight excluding hydrogens is 320 g/mol. The molecule has 0 spiro atoms. The van der Waals surface area contributed by atoms with Gasteiger partial charge in [-0.05, 0) is 18.2 Å². The van der Waals surface area contributed by atoms with Crippen molar-refractivity contribution in [2.75, 3.05) is 23.7 Å². The van der Waals surface area contributed by atoms with Gasteiger partial charge in [0, 0.05) is 24.0 Å². The van der Waals surface area contributed by atoms with Gasteiger partial charge < -0.3 is 10.6 Å². The van der Waals surface area contributed by atoms with Crippen LogP contribution in [0.5, 0.6) is 0 Å². The predicted octanol–water partition coefficient (Wildman–Crippen LogP) is 0.918. The number of anilines is 1. The second-order valence-corrected chi connectivity index (χ2v) is 7.01. The monoisotopic (exact) mass is 332 g/mol. The summed E-state index contributed by atoms with van der Waals surface area (Å²) in [4.78, 5) is 13.6. The topological polar surface area (TPSA) is 80.5 Å². The van der Waals surface area contributed by atoms with Crippen LogP contribution in [-0.4, -0.2) is 33.2 Å². The van der Waals surface area contributed by atoms with Crippen LogP contribution in [0.4, 0.5) is 5.69 Å². The molecule has 7 heteroatoms. The number of hydrogen-bond donors (Lipinski definition) is 1. The molecular formula is C11H13BrN2O3S.